The second-order valence-corrected chi connectivity index (χ2v) is 7.24. The monoisotopic (exact) mass is 365 g/mol. The van der Waals surface area contributed by atoms with Crippen molar-refractivity contribution in [3.05, 3.63) is 58.9 Å². The molecule has 2 heterocycles. The van der Waals surface area contributed by atoms with Crippen LogP contribution in [0.15, 0.2) is 42.6 Å². The highest BCUT2D eigenvalue weighted by Gasteiger charge is 2.25. The molecular weight excluding hydrogens is 353 g/mol. The Balaban J connectivity index is 1.77. The van der Waals surface area contributed by atoms with Crippen LogP contribution in [0.25, 0.3) is 5.57 Å². The second-order valence-electron chi connectivity index (χ2n) is 5.21. The lowest BCUT2D eigenvalue weighted by Gasteiger charge is -2.06. The minimum absolute atomic E-state index is 0.287. The van der Waals surface area contributed by atoms with Crippen molar-refractivity contribution in [2.75, 3.05) is 10.6 Å². The molecule has 1 aliphatic rings. The zero-order chi connectivity index (χ0) is 17.3. The fourth-order valence-corrected chi connectivity index (χ4v) is 3.12. The van der Waals surface area contributed by atoms with E-state index < -0.39 is 7.60 Å². The topological polar surface area (TPSA) is 112 Å². The maximum absolute atomic E-state index is 12.0. The van der Waals surface area contributed by atoms with E-state index in [4.69, 9.17) is 21.4 Å². The van der Waals surface area contributed by atoms with Gasteiger partial charge in [0.25, 0.3) is 5.91 Å². The van der Waals surface area contributed by atoms with Crippen LogP contribution in [0.5, 0.6) is 0 Å². The van der Waals surface area contributed by atoms with Gasteiger partial charge in [-0.3, -0.25) is 9.36 Å². The van der Waals surface area contributed by atoms with Crippen molar-refractivity contribution in [2.45, 2.75) is 6.16 Å². The average Bonchev–Trinajstić information content (AvgIpc) is 2.79. The van der Waals surface area contributed by atoms with Crippen molar-refractivity contribution >= 4 is 42.2 Å². The molecule has 24 heavy (non-hydrogen) atoms. The van der Waals surface area contributed by atoms with E-state index in [1.807, 2.05) is 0 Å². The minimum Gasteiger partial charge on any atom is -0.361 e. The Morgan fingerprint density at radius 3 is 2.58 bits per heavy atom. The molecule has 0 aliphatic carbocycles. The van der Waals surface area contributed by atoms with Crippen LogP contribution in [-0.2, 0) is 15.5 Å². The summed E-state index contributed by atoms with van der Waals surface area (Å²) < 4.78 is 11.0. The third-order valence-electron chi connectivity index (χ3n) is 3.35. The smallest absolute Gasteiger partial charge is 0.329 e. The molecule has 0 fully saturated rings. The molecule has 1 aromatic carbocycles. The molecule has 4 N–H and O–H groups in total. The number of fused-ring (bicyclic) bond motifs is 1. The number of nitrogens with zero attached hydrogens (tertiary/aromatic N) is 1. The third-order valence-corrected chi connectivity index (χ3v) is 4.34. The quantitative estimate of drug-likeness (QED) is 0.376. The van der Waals surface area contributed by atoms with Gasteiger partial charge in [0.1, 0.15) is 11.0 Å². The first-order valence-electron chi connectivity index (χ1n) is 6.90. The number of hydrogen-bond donors (Lipinski definition) is 4. The van der Waals surface area contributed by atoms with Crippen molar-refractivity contribution in [1.82, 2.24) is 4.98 Å². The van der Waals surface area contributed by atoms with Gasteiger partial charge in [0, 0.05) is 17.5 Å². The molecule has 1 amide bonds. The number of nitrogens with one attached hydrogen (secondary N) is 2. The highest BCUT2D eigenvalue weighted by Crippen LogP contribution is 2.39. The standard InChI is InChI=1S/C15H13ClN3O4P/c16-13-6-5-11-12(15(20)19-14(11)18-13)7-17-10-3-1-9(2-4-10)8-24(21,22)23/h1-7,17H,8H2,(H,18,19,20)(H2,21,22,23)/b12-7-. The van der Waals surface area contributed by atoms with Gasteiger partial charge in [-0.25, -0.2) is 4.98 Å². The predicted molar refractivity (Wildman–Crippen MR) is 91.7 cm³/mol. The molecule has 3 rings (SSSR count). The number of anilines is 2. The van der Waals surface area contributed by atoms with Gasteiger partial charge in [-0.05, 0) is 29.8 Å². The Kier molecular flexibility index (Phi) is 4.43. The first-order chi connectivity index (χ1) is 11.3. The maximum Gasteiger partial charge on any atom is 0.329 e. The lowest BCUT2D eigenvalue weighted by atomic mass is 10.1. The SMILES string of the molecule is O=C1Nc2nc(Cl)ccc2/C1=C/Nc1ccc(CP(=O)(O)O)cc1. The van der Waals surface area contributed by atoms with Gasteiger partial charge in [-0.2, -0.15) is 0 Å². The summed E-state index contributed by atoms with van der Waals surface area (Å²) in [6.45, 7) is 0. The van der Waals surface area contributed by atoms with E-state index in [0.717, 1.165) is 0 Å². The van der Waals surface area contributed by atoms with E-state index in [1.54, 1.807) is 42.6 Å². The summed E-state index contributed by atoms with van der Waals surface area (Å²) in [7, 11) is -4.09. The average molecular weight is 366 g/mol. The van der Waals surface area contributed by atoms with E-state index in [2.05, 4.69) is 15.6 Å². The van der Waals surface area contributed by atoms with E-state index in [-0.39, 0.29) is 12.1 Å². The molecular formula is C15H13ClN3O4P. The summed E-state index contributed by atoms with van der Waals surface area (Å²) >= 11 is 5.80. The molecule has 2 aromatic rings. The Hall–Kier alpha value is -2.18. The number of aromatic nitrogens is 1. The molecule has 1 aliphatic heterocycles. The number of hydrogen-bond acceptors (Lipinski definition) is 4. The first kappa shape index (κ1) is 16.7. The van der Waals surface area contributed by atoms with Gasteiger partial charge in [-0.15, -0.1) is 0 Å². The summed E-state index contributed by atoms with van der Waals surface area (Å²) in [6, 6.07) is 9.89. The Labute approximate surface area is 142 Å². The fourth-order valence-electron chi connectivity index (χ4n) is 2.29. The first-order valence-corrected chi connectivity index (χ1v) is 9.08. The van der Waals surface area contributed by atoms with Crippen molar-refractivity contribution in [3.8, 4) is 0 Å². The molecule has 1 aromatic heterocycles. The molecule has 0 atom stereocenters. The lowest BCUT2D eigenvalue weighted by molar-refractivity contribution is -0.110. The molecule has 0 spiro atoms. The number of carbonyl (C=O) groups excluding carboxylic acids is 1. The molecule has 0 unspecified atom stereocenters. The van der Waals surface area contributed by atoms with Crippen LogP contribution in [0.1, 0.15) is 11.1 Å². The maximum atomic E-state index is 12.0. The van der Waals surface area contributed by atoms with Crippen LogP contribution in [0.3, 0.4) is 0 Å². The van der Waals surface area contributed by atoms with Crippen LogP contribution in [0.4, 0.5) is 11.5 Å². The van der Waals surface area contributed by atoms with Crippen molar-refractivity contribution in [2.24, 2.45) is 0 Å². The molecule has 0 saturated heterocycles. The normalized spacial score (nSPS) is 15.3. The number of amides is 1. The minimum atomic E-state index is -4.09. The zero-order valence-corrected chi connectivity index (χ0v) is 13.9. The lowest BCUT2D eigenvalue weighted by Crippen LogP contribution is -2.05. The Morgan fingerprint density at radius 1 is 1.21 bits per heavy atom. The van der Waals surface area contributed by atoms with E-state index >= 15 is 0 Å². The summed E-state index contributed by atoms with van der Waals surface area (Å²) in [5.41, 5.74) is 2.29. The van der Waals surface area contributed by atoms with Gasteiger partial charge in [-0.1, -0.05) is 23.7 Å². The number of halogens is 1. The summed E-state index contributed by atoms with van der Waals surface area (Å²) in [6.07, 6.45) is 1.24. The van der Waals surface area contributed by atoms with Crippen molar-refractivity contribution in [1.29, 1.82) is 0 Å². The Bertz CT molecular complexity index is 877. The van der Waals surface area contributed by atoms with Crippen LogP contribution < -0.4 is 10.6 Å². The van der Waals surface area contributed by atoms with E-state index in [0.29, 0.717) is 33.4 Å². The number of carbonyl (C=O) groups is 1. The second kappa shape index (κ2) is 6.37. The van der Waals surface area contributed by atoms with Gasteiger partial charge >= 0.3 is 7.60 Å². The highest BCUT2D eigenvalue weighted by atomic mass is 35.5. The number of rotatable bonds is 4. The van der Waals surface area contributed by atoms with Gasteiger partial charge < -0.3 is 20.4 Å². The third kappa shape index (κ3) is 3.83. The molecule has 0 radical (unpaired) electrons. The van der Waals surface area contributed by atoms with Crippen molar-refractivity contribution in [3.63, 3.8) is 0 Å². The van der Waals surface area contributed by atoms with E-state index in [9.17, 15) is 9.36 Å². The van der Waals surface area contributed by atoms with Crippen LogP contribution in [-0.4, -0.2) is 20.7 Å². The van der Waals surface area contributed by atoms with E-state index in [1.165, 1.54) is 0 Å². The molecule has 9 heteroatoms. The van der Waals surface area contributed by atoms with Gasteiger partial charge in [0.05, 0.1) is 11.7 Å². The molecule has 7 nitrogen and oxygen atoms in total. The summed E-state index contributed by atoms with van der Waals surface area (Å²) in [5.74, 6) is 0.128. The predicted octanol–water partition coefficient (Wildman–Crippen LogP) is 2.82. The molecule has 0 saturated carbocycles. The van der Waals surface area contributed by atoms with Gasteiger partial charge in [0.15, 0.2) is 0 Å². The van der Waals surface area contributed by atoms with Crippen molar-refractivity contribution < 1.29 is 19.1 Å². The summed E-state index contributed by atoms with van der Waals surface area (Å²) in [5, 5.41) is 5.91. The Morgan fingerprint density at radius 2 is 1.92 bits per heavy atom. The fraction of sp³-hybridized carbons (Fsp3) is 0.0667. The number of benzene rings is 1. The van der Waals surface area contributed by atoms with Gasteiger partial charge in [0.2, 0.25) is 0 Å². The van der Waals surface area contributed by atoms with Crippen LogP contribution >= 0.6 is 19.2 Å². The summed E-state index contributed by atoms with van der Waals surface area (Å²) in [4.78, 5) is 33.9. The van der Waals surface area contributed by atoms with Crippen LogP contribution in [0, 0.1) is 0 Å². The molecule has 124 valence electrons. The molecule has 0 bridgehead atoms. The largest absolute Gasteiger partial charge is 0.361 e. The number of pyridine rings is 1. The zero-order valence-electron chi connectivity index (χ0n) is 12.2. The highest BCUT2D eigenvalue weighted by molar-refractivity contribution is 7.50. The van der Waals surface area contributed by atoms with Crippen LogP contribution in [0.2, 0.25) is 5.15 Å².